The summed E-state index contributed by atoms with van der Waals surface area (Å²) in [5.74, 6) is -1.71. The summed E-state index contributed by atoms with van der Waals surface area (Å²) in [4.78, 5) is 26.6. The summed E-state index contributed by atoms with van der Waals surface area (Å²) >= 11 is 0. The number of alkyl halides is 3. The van der Waals surface area contributed by atoms with Crippen LogP contribution in [0.4, 0.5) is 23.2 Å². The minimum Gasteiger partial charge on any atom is -0.274 e. The highest BCUT2D eigenvalue weighted by molar-refractivity contribution is 6.22. The lowest BCUT2D eigenvalue weighted by molar-refractivity contribution is -0.140. The first kappa shape index (κ1) is 15.3. The highest BCUT2D eigenvalue weighted by Gasteiger charge is 2.68. The number of halogens is 4. The molecule has 0 radical (unpaired) electrons. The van der Waals surface area contributed by atoms with E-state index in [1.54, 1.807) is 0 Å². The average molecular weight is 353 g/mol. The molecule has 25 heavy (non-hydrogen) atoms. The molecule has 2 amide bonds. The lowest BCUT2D eigenvalue weighted by atomic mass is 9.59. The van der Waals surface area contributed by atoms with Gasteiger partial charge >= 0.3 is 6.18 Å². The number of carbonyl (C=O) groups excluding carboxylic acids is 2. The SMILES string of the molecule is O=C1C2C3CCC(C4CC43)C2C(=O)N1c1ccc(F)c(C(F)(F)F)c1. The summed E-state index contributed by atoms with van der Waals surface area (Å²) in [5.41, 5.74) is -1.63. The topological polar surface area (TPSA) is 37.4 Å². The van der Waals surface area contributed by atoms with E-state index < -0.39 is 41.2 Å². The molecule has 5 fully saturated rings. The molecule has 6 unspecified atom stereocenters. The number of carbonyl (C=O) groups is 2. The fraction of sp³-hybridized carbons (Fsp3) is 0.556. The third kappa shape index (κ3) is 1.92. The van der Waals surface area contributed by atoms with Crippen LogP contribution in [0.2, 0.25) is 0 Å². The van der Waals surface area contributed by atoms with Gasteiger partial charge in [0.1, 0.15) is 5.82 Å². The predicted molar refractivity (Wildman–Crippen MR) is 78.7 cm³/mol. The molecule has 4 aliphatic carbocycles. The predicted octanol–water partition coefficient (Wildman–Crippen LogP) is 3.63. The number of rotatable bonds is 1. The number of imide groups is 1. The van der Waals surface area contributed by atoms with Crippen LogP contribution in [0.1, 0.15) is 24.8 Å². The molecule has 7 heteroatoms. The largest absolute Gasteiger partial charge is 0.419 e. The summed E-state index contributed by atoms with van der Waals surface area (Å²) in [6.07, 6.45) is -1.98. The van der Waals surface area contributed by atoms with Crippen LogP contribution >= 0.6 is 0 Å². The molecule has 6 rings (SSSR count). The Balaban J connectivity index is 1.56. The maximum Gasteiger partial charge on any atom is 0.419 e. The first-order valence-electron chi connectivity index (χ1n) is 8.53. The Bertz CT molecular complexity index is 771. The molecule has 0 N–H and O–H groups in total. The second-order valence-corrected chi connectivity index (χ2v) is 7.69. The van der Waals surface area contributed by atoms with Crippen LogP contribution < -0.4 is 4.90 Å². The Morgan fingerprint density at radius 3 is 2.00 bits per heavy atom. The number of hydrogen-bond acceptors (Lipinski definition) is 2. The molecule has 4 saturated carbocycles. The van der Waals surface area contributed by atoms with Gasteiger partial charge in [-0.25, -0.2) is 4.39 Å². The number of nitrogens with zero attached hydrogens (tertiary/aromatic N) is 1. The van der Waals surface area contributed by atoms with Gasteiger partial charge in [-0.05, 0) is 61.1 Å². The molecule has 1 aromatic rings. The van der Waals surface area contributed by atoms with Crippen LogP contribution in [0.5, 0.6) is 0 Å². The molecule has 5 aliphatic rings. The van der Waals surface area contributed by atoms with Crippen molar-refractivity contribution in [1.29, 1.82) is 0 Å². The minimum absolute atomic E-state index is 0.170. The van der Waals surface area contributed by atoms with Gasteiger partial charge in [0.15, 0.2) is 0 Å². The van der Waals surface area contributed by atoms with Gasteiger partial charge in [-0.1, -0.05) is 0 Å². The number of anilines is 1. The third-order valence-corrected chi connectivity index (χ3v) is 6.66. The number of hydrogen-bond donors (Lipinski definition) is 0. The Labute approximate surface area is 141 Å². The first-order chi connectivity index (χ1) is 11.8. The maximum atomic E-state index is 13.5. The van der Waals surface area contributed by atoms with E-state index in [9.17, 15) is 27.2 Å². The Kier molecular flexibility index (Phi) is 2.84. The summed E-state index contributed by atoms with van der Waals surface area (Å²) in [6, 6.07) is 2.33. The summed E-state index contributed by atoms with van der Waals surface area (Å²) in [6.45, 7) is 0. The molecule has 0 spiro atoms. The fourth-order valence-electron chi connectivity index (χ4n) is 5.66. The van der Waals surface area contributed by atoms with Gasteiger partial charge in [0, 0.05) is 0 Å². The standard InChI is InChI=1S/C18H15F4NO2/c19-13-4-1-7(5-12(13)18(20,21)22)23-16(24)14-8-2-3-9(11-6-10(8)11)15(14)17(23)25/h1,4-5,8-11,14-15H,2-3,6H2. The highest BCUT2D eigenvalue weighted by atomic mass is 19.4. The van der Waals surface area contributed by atoms with E-state index in [0.717, 1.165) is 30.2 Å². The molecule has 1 aliphatic heterocycles. The molecular weight excluding hydrogens is 338 g/mol. The Morgan fingerprint density at radius 1 is 0.920 bits per heavy atom. The van der Waals surface area contributed by atoms with E-state index in [0.29, 0.717) is 24.0 Å². The summed E-state index contributed by atoms with van der Waals surface area (Å²) in [5, 5.41) is 0. The zero-order chi connectivity index (χ0) is 17.7. The zero-order valence-corrected chi connectivity index (χ0v) is 13.1. The van der Waals surface area contributed by atoms with Gasteiger partial charge in [-0.15, -0.1) is 0 Å². The van der Waals surface area contributed by atoms with E-state index in [4.69, 9.17) is 0 Å². The monoisotopic (exact) mass is 353 g/mol. The van der Waals surface area contributed by atoms with Crippen molar-refractivity contribution >= 4 is 17.5 Å². The van der Waals surface area contributed by atoms with Gasteiger partial charge in [0.25, 0.3) is 0 Å². The number of benzene rings is 1. The molecule has 6 atom stereocenters. The smallest absolute Gasteiger partial charge is 0.274 e. The molecule has 0 aromatic heterocycles. The quantitative estimate of drug-likeness (QED) is 0.571. The molecule has 132 valence electrons. The molecule has 1 heterocycles. The molecular formula is C18H15F4NO2. The molecule has 2 bridgehead atoms. The molecule has 1 saturated heterocycles. The Morgan fingerprint density at radius 2 is 1.48 bits per heavy atom. The van der Waals surface area contributed by atoms with Gasteiger partial charge in [-0.2, -0.15) is 13.2 Å². The van der Waals surface area contributed by atoms with Gasteiger partial charge in [0.05, 0.1) is 23.1 Å². The summed E-state index contributed by atoms with van der Waals surface area (Å²) < 4.78 is 52.4. The fourth-order valence-corrected chi connectivity index (χ4v) is 5.66. The average Bonchev–Trinajstić information content (AvgIpc) is 3.32. The van der Waals surface area contributed by atoms with Crippen molar-refractivity contribution in [2.75, 3.05) is 4.90 Å². The third-order valence-electron chi connectivity index (χ3n) is 6.66. The van der Waals surface area contributed by atoms with E-state index in [2.05, 4.69) is 0 Å². The molecule has 3 nitrogen and oxygen atoms in total. The maximum absolute atomic E-state index is 13.5. The zero-order valence-electron chi connectivity index (χ0n) is 13.1. The van der Waals surface area contributed by atoms with Crippen LogP contribution in [0.15, 0.2) is 18.2 Å². The first-order valence-corrected chi connectivity index (χ1v) is 8.53. The molecule has 1 aromatic carbocycles. The van der Waals surface area contributed by atoms with Crippen LogP contribution in [-0.2, 0) is 15.8 Å². The van der Waals surface area contributed by atoms with Gasteiger partial charge < -0.3 is 0 Å². The van der Waals surface area contributed by atoms with Crippen molar-refractivity contribution < 1.29 is 27.2 Å². The van der Waals surface area contributed by atoms with Crippen LogP contribution in [0.25, 0.3) is 0 Å². The van der Waals surface area contributed by atoms with Crippen molar-refractivity contribution in [2.24, 2.45) is 35.5 Å². The lowest BCUT2D eigenvalue weighted by Crippen LogP contribution is -2.43. The van der Waals surface area contributed by atoms with E-state index in [-0.39, 0.29) is 17.5 Å². The normalized spacial score (nSPS) is 38.8. The van der Waals surface area contributed by atoms with Crippen molar-refractivity contribution in [1.82, 2.24) is 0 Å². The summed E-state index contributed by atoms with van der Waals surface area (Å²) in [7, 11) is 0. The van der Waals surface area contributed by atoms with Gasteiger partial charge in [0.2, 0.25) is 11.8 Å². The van der Waals surface area contributed by atoms with Crippen LogP contribution in [-0.4, -0.2) is 11.8 Å². The lowest BCUT2D eigenvalue weighted by Gasteiger charge is -2.42. The minimum atomic E-state index is -4.88. The highest BCUT2D eigenvalue weighted by Crippen LogP contribution is 2.68. The van der Waals surface area contributed by atoms with E-state index in [1.165, 1.54) is 0 Å². The van der Waals surface area contributed by atoms with Crippen molar-refractivity contribution in [3.63, 3.8) is 0 Å². The van der Waals surface area contributed by atoms with Crippen LogP contribution in [0, 0.1) is 41.3 Å². The van der Waals surface area contributed by atoms with Crippen molar-refractivity contribution in [3.8, 4) is 0 Å². The van der Waals surface area contributed by atoms with E-state index >= 15 is 0 Å². The van der Waals surface area contributed by atoms with Crippen LogP contribution in [0.3, 0.4) is 0 Å². The Hall–Kier alpha value is -1.92. The second-order valence-electron chi connectivity index (χ2n) is 7.69. The van der Waals surface area contributed by atoms with Crippen molar-refractivity contribution in [2.45, 2.75) is 25.4 Å². The number of fused-ring (bicyclic) bond motifs is 1. The van der Waals surface area contributed by atoms with Gasteiger partial charge in [-0.3, -0.25) is 14.5 Å². The van der Waals surface area contributed by atoms with Crippen molar-refractivity contribution in [3.05, 3.63) is 29.6 Å². The van der Waals surface area contributed by atoms with E-state index in [1.807, 2.05) is 0 Å². The number of amides is 2. The second kappa shape index (κ2) is 4.62.